The number of fused-ring (bicyclic) bond motifs is 3. The van der Waals surface area contributed by atoms with Gasteiger partial charge in [0, 0.05) is 11.3 Å². The van der Waals surface area contributed by atoms with Gasteiger partial charge in [-0.25, -0.2) is 0 Å². The molecule has 0 spiro atoms. The molecule has 0 atom stereocenters. The number of benzene rings is 1. The Bertz CT molecular complexity index is 616. The molecule has 1 fully saturated rings. The zero-order valence-corrected chi connectivity index (χ0v) is 12.2. The van der Waals surface area contributed by atoms with Gasteiger partial charge in [0.1, 0.15) is 11.6 Å². The molecule has 0 unspecified atom stereocenters. The second-order valence-electron chi connectivity index (χ2n) is 5.52. The lowest BCUT2D eigenvalue weighted by Crippen LogP contribution is -2.29. The van der Waals surface area contributed by atoms with Crippen molar-refractivity contribution in [3.05, 3.63) is 35.9 Å². The Morgan fingerprint density at radius 2 is 2.05 bits per heavy atom. The van der Waals surface area contributed by atoms with Crippen LogP contribution in [0.15, 0.2) is 29.2 Å². The van der Waals surface area contributed by atoms with Crippen molar-refractivity contribution in [3.63, 3.8) is 0 Å². The summed E-state index contributed by atoms with van der Waals surface area (Å²) in [4.78, 5) is 1.34. The van der Waals surface area contributed by atoms with Crippen molar-refractivity contribution >= 4 is 11.8 Å². The summed E-state index contributed by atoms with van der Waals surface area (Å²) in [6.45, 7) is 2.27. The second-order valence-corrected chi connectivity index (χ2v) is 6.54. The maximum absolute atomic E-state index is 4.47. The number of piperidine rings is 1. The first kappa shape index (κ1) is 12.4. The van der Waals surface area contributed by atoms with E-state index < -0.39 is 0 Å². The van der Waals surface area contributed by atoms with Crippen molar-refractivity contribution in [2.45, 2.75) is 29.9 Å². The van der Waals surface area contributed by atoms with Gasteiger partial charge in [0.25, 0.3) is 0 Å². The van der Waals surface area contributed by atoms with Gasteiger partial charge in [-0.15, -0.1) is 22.0 Å². The molecule has 0 radical (unpaired) electrons. The molecule has 0 saturated carbocycles. The van der Waals surface area contributed by atoms with Crippen LogP contribution >= 0.6 is 11.8 Å². The molecule has 0 aliphatic carbocycles. The summed E-state index contributed by atoms with van der Waals surface area (Å²) in [6.07, 6.45) is 3.55. The molecule has 1 saturated heterocycles. The minimum absolute atomic E-state index is 0.742. The minimum atomic E-state index is 0.742. The Hall–Kier alpha value is -1.33. The number of aromatic nitrogens is 3. The standard InChI is InChI=1S/C15H18N4S/c1-2-4-13-12(3-1)19-14(17-18-15(19)10-20-13)9-11-5-7-16-8-6-11/h1-4,11,16H,5-10H2. The molecule has 1 aromatic heterocycles. The molecule has 20 heavy (non-hydrogen) atoms. The van der Waals surface area contributed by atoms with Crippen LogP contribution in [0.4, 0.5) is 0 Å². The van der Waals surface area contributed by atoms with Gasteiger partial charge in [-0.3, -0.25) is 4.57 Å². The zero-order chi connectivity index (χ0) is 13.4. The molecule has 0 amide bonds. The van der Waals surface area contributed by atoms with Gasteiger partial charge in [-0.1, -0.05) is 12.1 Å². The fraction of sp³-hybridized carbons (Fsp3) is 0.467. The van der Waals surface area contributed by atoms with Gasteiger partial charge in [0.2, 0.25) is 0 Å². The first-order valence-corrected chi connectivity index (χ1v) is 8.26. The Labute approximate surface area is 123 Å². The summed E-state index contributed by atoms with van der Waals surface area (Å²) in [7, 11) is 0. The van der Waals surface area contributed by atoms with Crippen LogP contribution in [0.3, 0.4) is 0 Å². The molecule has 1 aromatic carbocycles. The van der Waals surface area contributed by atoms with E-state index in [1.165, 1.54) is 23.4 Å². The molecule has 4 rings (SSSR count). The minimum Gasteiger partial charge on any atom is -0.317 e. The van der Waals surface area contributed by atoms with Crippen LogP contribution in [0, 0.1) is 5.92 Å². The van der Waals surface area contributed by atoms with E-state index in [-0.39, 0.29) is 0 Å². The van der Waals surface area contributed by atoms with Crippen molar-refractivity contribution in [1.82, 2.24) is 20.1 Å². The number of nitrogens with one attached hydrogen (secondary N) is 1. The molecular weight excluding hydrogens is 268 g/mol. The number of nitrogens with zero attached hydrogens (tertiary/aromatic N) is 3. The Morgan fingerprint density at radius 1 is 1.20 bits per heavy atom. The topological polar surface area (TPSA) is 42.7 Å². The van der Waals surface area contributed by atoms with Crippen LogP contribution in [0.2, 0.25) is 0 Å². The molecule has 2 aliphatic rings. The smallest absolute Gasteiger partial charge is 0.148 e. The van der Waals surface area contributed by atoms with E-state index in [0.717, 1.165) is 42.8 Å². The van der Waals surface area contributed by atoms with Crippen molar-refractivity contribution < 1.29 is 0 Å². The van der Waals surface area contributed by atoms with Gasteiger partial charge in [0.15, 0.2) is 0 Å². The fourth-order valence-electron chi connectivity index (χ4n) is 3.11. The lowest BCUT2D eigenvalue weighted by Gasteiger charge is -2.24. The van der Waals surface area contributed by atoms with Crippen LogP contribution in [0.5, 0.6) is 0 Å². The first-order valence-electron chi connectivity index (χ1n) is 7.28. The molecule has 0 bridgehead atoms. The van der Waals surface area contributed by atoms with Crippen LogP contribution in [-0.2, 0) is 12.2 Å². The normalized spacial score (nSPS) is 18.6. The van der Waals surface area contributed by atoms with Crippen molar-refractivity contribution in [2.75, 3.05) is 13.1 Å². The number of rotatable bonds is 2. The maximum Gasteiger partial charge on any atom is 0.148 e. The summed E-state index contributed by atoms with van der Waals surface area (Å²) >= 11 is 1.86. The summed E-state index contributed by atoms with van der Waals surface area (Å²) in [5.41, 5.74) is 1.26. The van der Waals surface area contributed by atoms with Crippen molar-refractivity contribution in [1.29, 1.82) is 0 Å². The fourth-order valence-corrected chi connectivity index (χ4v) is 4.06. The van der Waals surface area contributed by atoms with E-state index in [2.05, 4.69) is 44.3 Å². The van der Waals surface area contributed by atoms with Gasteiger partial charge in [0.05, 0.1) is 11.4 Å². The Balaban J connectivity index is 1.68. The molecule has 3 heterocycles. The van der Waals surface area contributed by atoms with Gasteiger partial charge >= 0.3 is 0 Å². The molecule has 5 heteroatoms. The lowest BCUT2D eigenvalue weighted by atomic mass is 9.94. The average Bonchev–Trinajstić information content (AvgIpc) is 2.92. The largest absolute Gasteiger partial charge is 0.317 e. The number of thioether (sulfide) groups is 1. The highest BCUT2D eigenvalue weighted by Crippen LogP contribution is 2.35. The molecule has 4 nitrogen and oxygen atoms in total. The highest BCUT2D eigenvalue weighted by Gasteiger charge is 2.23. The summed E-state index contributed by atoms with van der Waals surface area (Å²) < 4.78 is 2.29. The predicted octanol–water partition coefficient (Wildman–Crippen LogP) is 2.42. The average molecular weight is 286 g/mol. The molecule has 2 aliphatic heterocycles. The predicted molar refractivity (Wildman–Crippen MR) is 80.2 cm³/mol. The van der Waals surface area contributed by atoms with Crippen molar-refractivity contribution in [3.8, 4) is 5.69 Å². The quantitative estimate of drug-likeness (QED) is 0.920. The summed E-state index contributed by atoms with van der Waals surface area (Å²) in [5, 5.41) is 12.3. The summed E-state index contributed by atoms with van der Waals surface area (Å²) in [6, 6.07) is 8.58. The third-order valence-corrected chi connectivity index (χ3v) is 5.25. The third kappa shape index (κ3) is 2.15. The maximum atomic E-state index is 4.47. The van der Waals surface area contributed by atoms with Gasteiger partial charge in [-0.2, -0.15) is 0 Å². The highest BCUT2D eigenvalue weighted by molar-refractivity contribution is 7.98. The van der Waals surface area contributed by atoms with E-state index in [1.807, 2.05) is 11.8 Å². The molecule has 2 aromatic rings. The van der Waals surface area contributed by atoms with Crippen molar-refractivity contribution in [2.24, 2.45) is 5.92 Å². The third-order valence-electron chi connectivity index (χ3n) is 4.19. The summed E-state index contributed by atoms with van der Waals surface area (Å²) in [5.74, 6) is 3.90. The Kier molecular flexibility index (Phi) is 3.24. The molecular formula is C15H18N4S. The number of para-hydroxylation sites is 1. The number of hydrogen-bond acceptors (Lipinski definition) is 4. The molecule has 1 N–H and O–H groups in total. The van der Waals surface area contributed by atoms with E-state index in [1.54, 1.807) is 0 Å². The Morgan fingerprint density at radius 3 is 2.95 bits per heavy atom. The number of hydrogen-bond donors (Lipinski definition) is 1. The lowest BCUT2D eigenvalue weighted by molar-refractivity contribution is 0.365. The van der Waals surface area contributed by atoms with E-state index in [9.17, 15) is 0 Å². The van der Waals surface area contributed by atoms with E-state index >= 15 is 0 Å². The highest BCUT2D eigenvalue weighted by atomic mass is 32.2. The van der Waals surface area contributed by atoms with Crippen LogP contribution in [0.1, 0.15) is 24.5 Å². The first-order chi connectivity index (χ1) is 9.92. The van der Waals surface area contributed by atoms with E-state index in [0.29, 0.717) is 0 Å². The molecule has 104 valence electrons. The van der Waals surface area contributed by atoms with Crippen LogP contribution in [0.25, 0.3) is 5.69 Å². The SMILES string of the molecule is c1ccc2c(c1)SCc1nnc(CC3CCNCC3)n1-2. The van der Waals surface area contributed by atoms with Crippen LogP contribution < -0.4 is 5.32 Å². The van der Waals surface area contributed by atoms with Gasteiger partial charge < -0.3 is 5.32 Å². The zero-order valence-electron chi connectivity index (χ0n) is 11.4. The van der Waals surface area contributed by atoms with Gasteiger partial charge in [-0.05, 0) is 44.0 Å². The van der Waals surface area contributed by atoms with E-state index in [4.69, 9.17) is 0 Å². The monoisotopic (exact) mass is 286 g/mol. The second kappa shape index (κ2) is 5.22. The van der Waals surface area contributed by atoms with Crippen LogP contribution in [-0.4, -0.2) is 27.9 Å².